The molecule has 2 aromatic carbocycles. The highest BCUT2D eigenvalue weighted by Gasteiger charge is 2.28. The van der Waals surface area contributed by atoms with Crippen LogP contribution in [0.2, 0.25) is 5.02 Å². The summed E-state index contributed by atoms with van der Waals surface area (Å²) >= 11 is 6.36. The average molecular weight is 400 g/mol. The molecule has 2 heterocycles. The second-order valence-corrected chi connectivity index (χ2v) is 6.61. The first-order chi connectivity index (χ1) is 13.5. The number of anilines is 1. The highest BCUT2D eigenvalue weighted by atomic mass is 35.5. The van der Waals surface area contributed by atoms with Crippen LogP contribution in [0.3, 0.4) is 0 Å². The highest BCUT2D eigenvalue weighted by Crippen LogP contribution is 2.33. The van der Waals surface area contributed by atoms with Crippen molar-refractivity contribution in [2.45, 2.75) is 19.1 Å². The van der Waals surface area contributed by atoms with Crippen molar-refractivity contribution in [1.82, 2.24) is 14.8 Å². The van der Waals surface area contributed by atoms with Crippen molar-refractivity contribution < 1.29 is 14.5 Å². The number of amides is 1. The standard InChI is InChI=1S/C18H14ClN5O4/c19-14-7-12(15-8-17(25)22-18-20-10-21-23(15)18)3-6-16(14)28-9-11-1-4-13(5-2-11)24(26)27/h1-7,10,15H,8-9H2,(H,20,21,22,25)/t15-/m1/s1. The molecule has 3 aromatic rings. The molecule has 10 heteroatoms. The molecule has 0 bridgehead atoms. The Morgan fingerprint density at radius 3 is 2.79 bits per heavy atom. The molecular formula is C18H14ClN5O4. The zero-order valence-corrected chi connectivity index (χ0v) is 15.2. The maximum absolute atomic E-state index is 11.9. The van der Waals surface area contributed by atoms with Crippen LogP contribution < -0.4 is 10.1 Å². The van der Waals surface area contributed by atoms with Gasteiger partial charge in [0.25, 0.3) is 5.69 Å². The number of aromatic nitrogens is 3. The van der Waals surface area contributed by atoms with E-state index in [2.05, 4.69) is 15.4 Å². The molecule has 1 aliphatic rings. The highest BCUT2D eigenvalue weighted by molar-refractivity contribution is 6.32. The van der Waals surface area contributed by atoms with E-state index in [0.29, 0.717) is 16.7 Å². The van der Waals surface area contributed by atoms with Crippen LogP contribution in [0.4, 0.5) is 11.6 Å². The molecule has 9 nitrogen and oxygen atoms in total. The van der Waals surface area contributed by atoms with Crippen molar-refractivity contribution in [3.63, 3.8) is 0 Å². The number of carbonyl (C=O) groups excluding carboxylic acids is 1. The van der Waals surface area contributed by atoms with Gasteiger partial charge in [-0.2, -0.15) is 10.1 Å². The van der Waals surface area contributed by atoms with Gasteiger partial charge in [-0.05, 0) is 35.4 Å². The summed E-state index contributed by atoms with van der Waals surface area (Å²) in [6.45, 7) is 0.218. The Hall–Kier alpha value is -3.46. The van der Waals surface area contributed by atoms with Crippen LogP contribution in [0.1, 0.15) is 23.6 Å². The molecule has 0 fully saturated rings. The lowest BCUT2D eigenvalue weighted by Gasteiger charge is -2.24. The van der Waals surface area contributed by atoms with E-state index in [-0.39, 0.29) is 30.7 Å². The number of hydrogen-bond acceptors (Lipinski definition) is 6. The fourth-order valence-corrected chi connectivity index (χ4v) is 3.22. The Kier molecular flexibility index (Phi) is 4.66. The molecule has 0 aliphatic carbocycles. The Morgan fingerprint density at radius 2 is 2.07 bits per heavy atom. The minimum Gasteiger partial charge on any atom is -0.487 e. The van der Waals surface area contributed by atoms with E-state index in [9.17, 15) is 14.9 Å². The SMILES string of the molecule is O=C1C[C@H](c2ccc(OCc3ccc([N+](=O)[O-])cc3)c(Cl)c2)n2ncnc2N1. The Bertz CT molecular complexity index is 1050. The minimum atomic E-state index is -0.452. The second-order valence-electron chi connectivity index (χ2n) is 6.20. The molecule has 142 valence electrons. The van der Waals surface area contributed by atoms with E-state index in [1.54, 1.807) is 28.9 Å². The molecule has 1 aliphatic heterocycles. The molecule has 1 atom stereocenters. The summed E-state index contributed by atoms with van der Waals surface area (Å²) < 4.78 is 7.37. The fraction of sp³-hybridized carbons (Fsp3) is 0.167. The summed E-state index contributed by atoms with van der Waals surface area (Å²) in [5, 5.41) is 17.9. The van der Waals surface area contributed by atoms with Gasteiger partial charge in [-0.3, -0.25) is 20.2 Å². The minimum absolute atomic E-state index is 0.0233. The molecule has 28 heavy (non-hydrogen) atoms. The number of hydrogen-bond donors (Lipinski definition) is 1. The number of nitrogens with zero attached hydrogens (tertiary/aromatic N) is 4. The van der Waals surface area contributed by atoms with Gasteiger partial charge in [-0.15, -0.1) is 0 Å². The van der Waals surface area contributed by atoms with Crippen molar-refractivity contribution in [3.05, 3.63) is 75.1 Å². The second kappa shape index (κ2) is 7.28. The third-order valence-electron chi connectivity index (χ3n) is 4.38. The van der Waals surface area contributed by atoms with Crippen molar-refractivity contribution in [2.24, 2.45) is 0 Å². The van der Waals surface area contributed by atoms with Crippen LogP contribution in [-0.2, 0) is 11.4 Å². The molecule has 0 unspecified atom stereocenters. The monoisotopic (exact) mass is 399 g/mol. The van der Waals surface area contributed by atoms with Crippen LogP contribution in [0, 0.1) is 10.1 Å². The van der Waals surface area contributed by atoms with Gasteiger partial charge in [-0.1, -0.05) is 17.7 Å². The Morgan fingerprint density at radius 1 is 1.29 bits per heavy atom. The first kappa shape index (κ1) is 17.9. The summed E-state index contributed by atoms with van der Waals surface area (Å²) in [6.07, 6.45) is 1.62. The van der Waals surface area contributed by atoms with Gasteiger partial charge in [0.15, 0.2) is 0 Å². The topological polar surface area (TPSA) is 112 Å². The van der Waals surface area contributed by atoms with Gasteiger partial charge in [0, 0.05) is 12.1 Å². The number of carbonyl (C=O) groups is 1. The van der Waals surface area contributed by atoms with E-state index >= 15 is 0 Å². The average Bonchev–Trinajstić information content (AvgIpc) is 3.15. The number of fused-ring (bicyclic) bond motifs is 1. The number of non-ortho nitro benzene ring substituents is 1. The van der Waals surface area contributed by atoms with E-state index in [1.807, 2.05) is 6.07 Å². The maximum atomic E-state index is 11.9. The predicted octanol–water partition coefficient (Wildman–Crippen LogP) is 3.35. The van der Waals surface area contributed by atoms with Crippen molar-refractivity contribution in [2.75, 3.05) is 5.32 Å². The van der Waals surface area contributed by atoms with Gasteiger partial charge in [0.1, 0.15) is 18.7 Å². The molecular weight excluding hydrogens is 386 g/mol. The lowest BCUT2D eigenvalue weighted by atomic mass is 10.0. The summed E-state index contributed by atoms with van der Waals surface area (Å²) in [5.74, 6) is 0.735. The molecule has 0 saturated heterocycles. The van der Waals surface area contributed by atoms with Crippen molar-refractivity contribution >= 4 is 29.1 Å². The molecule has 0 saturated carbocycles. The van der Waals surface area contributed by atoms with Crippen LogP contribution >= 0.6 is 11.6 Å². The third-order valence-corrected chi connectivity index (χ3v) is 4.68. The number of halogens is 1. The van der Waals surface area contributed by atoms with Gasteiger partial charge in [0.2, 0.25) is 11.9 Å². The predicted molar refractivity (Wildman–Crippen MR) is 100 cm³/mol. The van der Waals surface area contributed by atoms with Gasteiger partial charge < -0.3 is 4.74 Å². The lowest BCUT2D eigenvalue weighted by molar-refractivity contribution is -0.384. The van der Waals surface area contributed by atoms with E-state index < -0.39 is 4.92 Å². The first-order valence-electron chi connectivity index (χ1n) is 8.36. The number of benzene rings is 2. The van der Waals surface area contributed by atoms with Gasteiger partial charge in [-0.25, -0.2) is 4.68 Å². The summed E-state index contributed by atoms with van der Waals surface area (Å²) in [4.78, 5) is 26.2. The largest absolute Gasteiger partial charge is 0.487 e. The Labute approximate surface area is 164 Å². The molecule has 0 spiro atoms. The number of nitro benzene ring substituents is 1. The quantitative estimate of drug-likeness (QED) is 0.520. The third kappa shape index (κ3) is 3.52. The Balaban J connectivity index is 1.49. The van der Waals surface area contributed by atoms with Gasteiger partial charge >= 0.3 is 0 Å². The fourth-order valence-electron chi connectivity index (χ4n) is 2.98. The van der Waals surface area contributed by atoms with Crippen LogP contribution in [0.5, 0.6) is 5.75 Å². The zero-order valence-electron chi connectivity index (χ0n) is 14.4. The van der Waals surface area contributed by atoms with Gasteiger partial charge in [0.05, 0.1) is 22.4 Å². The van der Waals surface area contributed by atoms with Crippen molar-refractivity contribution in [3.8, 4) is 5.75 Å². The van der Waals surface area contributed by atoms with Crippen LogP contribution in [0.15, 0.2) is 48.8 Å². The maximum Gasteiger partial charge on any atom is 0.269 e. The normalized spacial score (nSPS) is 15.6. The first-order valence-corrected chi connectivity index (χ1v) is 8.74. The molecule has 1 amide bonds. The molecule has 0 radical (unpaired) electrons. The smallest absolute Gasteiger partial charge is 0.269 e. The molecule has 1 N–H and O–H groups in total. The summed E-state index contributed by atoms with van der Waals surface area (Å²) in [5.41, 5.74) is 1.62. The number of nitro groups is 1. The van der Waals surface area contributed by atoms with Crippen molar-refractivity contribution in [1.29, 1.82) is 0 Å². The summed E-state index contributed by atoms with van der Waals surface area (Å²) in [6, 6.07) is 11.1. The van der Waals surface area contributed by atoms with Crippen LogP contribution in [0.25, 0.3) is 0 Å². The number of ether oxygens (including phenoxy) is 1. The van der Waals surface area contributed by atoms with Crippen LogP contribution in [-0.4, -0.2) is 25.6 Å². The summed E-state index contributed by atoms with van der Waals surface area (Å²) in [7, 11) is 0. The molecule has 4 rings (SSSR count). The zero-order chi connectivity index (χ0) is 19.7. The van der Waals surface area contributed by atoms with E-state index in [0.717, 1.165) is 11.1 Å². The molecule has 1 aromatic heterocycles. The lowest BCUT2D eigenvalue weighted by Crippen LogP contribution is -2.29. The number of rotatable bonds is 5. The number of nitrogens with one attached hydrogen (secondary N) is 1. The van der Waals surface area contributed by atoms with E-state index in [1.165, 1.54) is 18.5 Å². The van der Waals surface area contributed by atoms with E-state index in [4.69, 9.17) is 16.3 Å².